The van der Waals surface area contributed by atoms with Crippen LogP contribution in [-0.4, -0.2) is 26.4 Å². The van der Waals surface area contributed by atoms with Crippen molar-refractivity contribution >= 4 is 11.8 Å². The van der Waals surface area contributed by atoms with E-state index < -0.39 is 0 Å². The first-order valence-corrected chi connectivity index (χ1v) is 6.27. The van der Waals surface area contributed by atoms with Gasteiger partial charge in [-0.25, -0.2) is 4.79 Å². The number of nitrogens with zero attached hydrogens (tertiary/aromatic N) is 1. The van der Waals surface area contributed by atoms with Crippen molar-refractivity contribution in [2.45, 2.75) is 20.3 Å². The molecule has 0 N–H and O–H groups in total. The van der Waals surface area contributed by atoms with Crippen molar-refractivity contribution in [1.29, 1.82) is 0 Å². The van der Waals surface area contributed by atoms with Crippen LogP contribution in [0.4, 0.5) is 10.5 Å². The third kappa shape index (κ3) is 2.42. The summed E-state index contributed by atoms with van der Waals surface area (Å²) in [7, 11) is 1.65. The van der Waals surface area contributed by atoms with Crippen molar-refractivity contribution < 1.29 is 14.3 Å². The van der Waals surface area contributed by atoms with Crippen molar-refractivity contribution in [1.82, 2.24) is 0 Å². The van der Waals surface area contributed by atoms with Crippen LogP contribution >= 0.6 is 0 Å². The van der Waals surface area contributed by atoms with Crippen LogP contribution < -0.4 is 9.64 Å². The van der Waals surface area contributed by atoms with E-state index in [4.69, 9.17) is 9.47 Å². The second-order valence-electron chi connectivity index (χ2n) is 4.61. The Hall–Kier alpha value is -1.71. The molecule has 2 rings (SSSR count). The molecule has 0 saturated heterocycles. The quantitative estimate of drug-likeness (QED) is 0.809. The molecular weight excluding hydrogens is 230 g/mol. The van der Waals surface area contributed by atoms with Crippen LogP contribution in [0.2, 0.25) is 0 Å². The molecule has 1 unspecified atom stereocenters. The Balaban J connectivity index is 2.33. The highest BCUT2D eigenvalue weighted by molar-refractivity contribution is 5.89. The van der Waals surface area contributed by atoms with Crippen molar-refractivity contribution in [3.63, 3.8) is 0 Å². The summed E-state index contributed by atoms with van der Waals surface area (Å²) >= 11 is 0. The zero-order valence-corrected chi connectivity index (χ0v) is 11.1. The standard InChI is InChI=1S/C14H19NO3/c1-4-18-14(16)15-9-10(2)7-11-8-12(17-3)5-6-13(11)15/h5-6,8,10H,4,7,9H2,1-3H3. The molecular formula is C14H19NO3. The van der Waals surface area contributed by atoms with Crippen LogP contribution in [0.25, 0.3) is 0 Å². The minimum absolute atomic E-state index is 0.268. The Bertz CT molecular complexity index is 445. The Morgan fingerprint density at radius 1 is 1.50 bits per heavy atom. The molecule has 18 heavy (non-hydrogen) atoms. The lowest BCUT2D eigenvalue weighted by Crippen LogP contribution is -2.39. The molecule has 0 aromatic heterocycles. The Kier molecular flexibility index (Phi) is 3.75. The van der Waals surface area contributed by atoms with Gasteiger partial charge >= 0.3 is 6.09 Å². The molecule has 98 valence electrons. The molecule has 1 heterocycles. The van der Waals surface area contributed by atoms with E-state index in [0.29, 0.717) is 19.1 Å². The minimum atomic E-state index is -0.268. The number of fused-ring (bicyclic) bond motifs is 1. The Labute approximate surface area is 107 Å². The largest absolute Gasteiger partial charge is 0.497 e. The van der Waals surface area contributed by atoms with Crippen molar-refractivity contribution in [3.8, 4) is 5.75 Å². The molecule has 0 saturated carbocycles. The molecule has 1 aromatic carbocycles. The highest BCUT2D eigenvalue weighted by atomic mass is 16.6. The average molecular weight is 249 g/mol. The monoisotopic (exact) mass is 249 g/mol. The third-order valence-electron chi connectivity index (χ3n) is 3.13. The summed E-state index contributed by atoms with van der Waals surface area (Å²) in [6, 6.07) is 5.80. The van der Waals surface area contributed by atoms with Crippen LogP contribution in [-0.2, 0) is 11.2 Å². The number of amides is 1. The molecule has 1 amide bonds. The van der Waals surface area contributed by atoms with E-state index in [9.17, 15) is 4.79 Å². The first-order chi connectivity index (χ1) is 8.65. The van der Waals surface area contributed by atoms with Gasteiger partial charge < -0.3 is 9.47 Å². The number of hydrogen-bond acceptors (Lipinski definition) is 3. The van der Waals surface area contributed by atoms with Gasteiger partial charge in [-0.05, 0) is 43.0 Å². The number of rotatable bonds is 2. The second kappa shape index (κ2) is 5.29. The zero-order valence-electron chi connectivity index (χ0n) is 11.1. The van der Waals surface area contributed by atoms with Gasteiger partial charge in [0.15, 0.2) is 0 Å². The van der Waals surface area contributed by atoms with Crippen LogP contribution in [0, 0.1) is 5.92 Å². The van der Waals surface area contributed by atoms with E-state index in [-0.39, 0.29) is 6.09 Å². The molecule has 0 radical (unpaired) electrons. The Morgan fingerprint density at radius 3 is 2.94 bits per heavy atom. The molecule has 0 fully saturated rings. The van der Waals surface area contributed by atoms with Gasteiger partial charge in [0.05, 0.1) is 19.4 Å². The highest BCUT2D eigenvalue weighted by Gasteiger charge is 2.27. The van der Waals surface area contributed by atoms with Crippen LogP contribution in [0.3, 0.4) is 0 Å². The van der Waals surface area contributed by atoms with E-state index in [0.717, 1.165) is 23.4 Å². The maximum absolute atomic E-state index is 11.9. The number of benzene rings is 1. The SMILES string of the molecule is CCOC(=O)N1CC(C)Cc2cc(OC)ccc21. The zero-order chi connectivity index (χ0) is 13.1. The molecule has 1 atom stereocenters. The fourth-order valence-electron chi connectivity index (χ4n) is 2.34. The number of carbonyl (C=O) groups excluding carboxylic acids is 1. The lowest BCUT2D eigenvalue weighted by atomic mass is 9.94. The van der Waals surface area contributed by atoms with Crippen molar-refractivity contribution in [2.75, 3.05) is 25.2 Å². The van der Waals surface area contributed by atoms with Gasteiger partial charge in [0.1, 0.15) is 5.75 Å². The normalized spacial score (nSPS) is 18.2. The summed E-state index contributed by atoms with van der Waals surface area (Å²) < 4.78 is 10.3. The van der Waals surface area contributed by atoms with Crippen LogP contribution in [0.1, 0.15) is 19.4 Å². The molecule has 0 spiro atoms. The van der Waals surface area contributed by atoms with Crippen LogP contribution in [0.15, 0.2) is 18.2 Å². The van der Waals surface area contributed by atoms with Gasteiger partial charge in [-0.15, -0.1) is 0 Å². The summed E-state index contributed by atoms with van der Waals surface area (Å²) in [5.41, 5.74) is 2.08. The summed E-state index contributed by atoms with van der Waals surface area (Å²) in [4.78, 5) is 13.6. The third-order valence-corrected chi connectivity index (χ3v) is 3.13. The molecule has 4 heteroatoms. The average Bonchev–Trinajstić information content (AvgIpc) is 2.37. The fraction of sp³-hybridized carbons (Fsp3) is 0.500. The van der Waals surface area contributed by atoms with Gasteiger partial charge in [0.2, 0.25) is 0 Å². The van der Waals surface area contributed by atoms with E-state index in [1.165, 1.54) is 0 Å². The van der Waals surface area contributed by atoms with Gasteiger partial charge in [-0.2, -0.15) is 0 Å². The van der Waals surface area contributed by atoms with Gasteiger partial charge in [0.25, 0.3) is 0 Å². The van der Waals surface area contributed by atoms with Crippen molar-refractivity contribution in [2.24, 2.45) is 5.92 Å². The molecule has 1 aromatic rings. The van der Waals surface area contributed by atoms with E-state index in [2.05, 4.69) is 6.92 Å². The lowest BCUT2D eigenvalue weighted by molar-refractivity contribution is 0.158. The molecule has 1 aliphatic heterocycles. The van der Waals surface area contributed by atoms with Crippen molar-refractivity contribution in [3.05, 3.63) is 23.8 Å². The number of methoxy groups -OCH3 is 1. The number of hydrogen-bond donors (Lipinski definition) is 0. The molecule has 0 bridgehead atoms. The second-order valence-corrected chi connectivity index (χ2v) is 4.61. The summed E-state index contributed by atoms with van der Waals surface area (Å²) in [6.07, 6.45) is 0.693. The summed E-state index contributed by atoms with van der Waals surface area (Å²) in [5.74, 6) is 1.25. The first-order valence-electron chi connectivity index (χ1n) is 6.27. The lowest BCUT2D eigenvalue weighted by Gasteiger charge is -2.32. The molecule has 0 aliphatic carbocycles. The highest BCUT2D eigenvalue weighted by Crippen LogP contribution is 2.32. The maximum atomic E-state index is 11.9. The smallest absolute Gasteiger partial charge is 0.414 e. The van der Waals surface area contributed by atoms with Gasteiger partial charge in [-0.3, -0.25) is 4.90 Å². The predicted molar refractivity (Wildman–Crippen MR) is 70.2 cm³/mol. The van der Waals surface area contributed by atoms with Gasteiger partial charge in [0, 0.05) is 6.54 Å². The molecule has 1 aliphatic rings. The summed E-state index contributed by atoms with van der Waals surface area (Å²) in [6.45, 7) is 5.06. The van der Waals surface area contributed by atoms with Gasteiger partial charge in [-0.1, -0.05) is 6.92 Å². The van der Waals surface area contributed by atoms with E-state index in [1.807, 2.05) is 25.1 Å². The topological polar surface area (TPSA) is 38.8 Å². The van der Waals surface area contributed by atoms with Crippen LogP contribution in [0.5, 0.6) is 5.75 Å². The number of anilines is 1. The fourth-order valence-corrected chi connectivity index (χ4v) is 2.34. The number of carbonyl (C=O) groups is 1. The Morgan fingerprint density at radius 2 is 2.28 bits per heavy atom. The summed E-state index contributed by atoms with van der Waals surface area (Å²) in [5, 5.41) is 0. The van der Waals surface area contributed by atoms with E-state index >= 15 is 0 Å². The first kappa shape index (κ1) is 12.7. The number of ether oxygens (including phenoxy) is 2. The maximum Gasteiger partial charge on any atom is 0.414 e. The minimum Gasteiger partial charge on any atom is -0.497 e. The predicted octanol–water partition coefficient (Wildman–Crippen LogP) is 2.85. The van der Waals surface area contributed by atoms with E-state index in [1.54, 1.807) is 12.0 Å². The molecule has 4 nitrogen and oxygen atoms in total.